The molecule has 0 fully saturated rings. The number of aromatic amines is 1. The van der Waals surface area contributed by atoms with Crippen molar-refractivity contribution in [2.24, 2.45) is 0 Å². The fourth-order valence-corrected chi connectivity index (χ4v) is 2.72. The van der Waals surface area contributed by atoms with Gasteiger partial charge in [0.25, 0.3) is 0 Å². The zero-order valence-electron chi connectivity index (χ0n) is 11.6. The Hall–Kier alpha value is -2.31. The molecule has 0 saturated heterocycles. The van der Waals surface area contributed by atoms with Crippen molar-refractivity contribution in [1.29, 1.82) is 0 Å². The summed E-state index contributed by atoms with van der Waals surface area (Å²) in [6, 6.07) is 8.66. The molecule has 0 aliphatic carbocycles. The maximum Gasteiger partial charge on any atom is 0.326 e. The van der Waals surface area contributed by atoms with E-state index in [2.05, 4.69) is 10.3 Å². The van der Waals surface area contributed by atoms with Crippen LogP contribution in [0, 0.1) is 5.82 Å². The molecule has 3 aromatic rings. The minimum Gasteiger partial charge on any atom is -0.322 e. The Bertz CT molecular complexity index is 945. The molecule has 0 saturated carbocycles. The lowest BCUT2D eigenvalue weighted by Crippen LogP contribution is -2.26. The molecule has 0 radical (unpaired) electrons. The smallest absolute Gasteiger partial charge is 0.322 e. The van der Waals surface area contributed by atoms with Gasteiger partial charge in [0, 0.05) is 0 Å². The summed E-state index contributed by atoms with van der Waals surface area (Å²) < 4.78 is 14.4. The van der Waals surface area contributed by atoms with E-state index in [0.717, 1.165) is 0 Å². The Morgan fingerprint density at radius 2 is 1.91 bits per heavy atom. The third-order valence-electron chi connectivity index (χ3n) is 3.27. The quantitative estimate of drug-likeness (QED) is 0.757. The first kappa shape index (κ1) is 15.6. The fraction of sp³-hybridized carbons (Fsp3) is 0.0667. The monoisotopic (exact) mass is 353 g/mol. The molecule has 0 aliphatic heterocycles. The Morgan fingerprint density at radius 1 is 1.22 bits per heavy atom. The molecular weight excluding hydrogens is 344 g/mol. The largest absolute Gasteiger partial charge is 0.326 e. The number of imidazole rings is 1. The topological polar surface area (TPSA) is 66.9 Å². The van der Waals surface area contributed by atoms with Gasteiger partial charge in [-0.05, 0) is 30.3 Å². The molecule has 23 heavy (non-hydrogen) atoms. The number of halogens is 3. The van der Waals surface area contributed by atoms with Gasteiger partial charge in [0.2, 0.25) is 5.91 Å². The number of aromatic nitrogens is 2. The molecule has 0 unspecified atom stereocenters. The first-order valence-corrected chi connectivity index (χ1v) is 7.33. The molecule has 1 aromatic heterocycles. The van der Waals surface area contributed by atoms with Gasteiger partial charge in [-0.15, -0.1) is 0 Å². The summed E-state index contributed by atoms with van der Waals surface area (Å²) in [5.74, 6) is -0.953. The van der Waals surface area contributed by atoms with E-state index in [4.69, 9.17) is 23.2 Å². The number of para-hydroxylation sites is 1. The molecule has 2 N–H and O–H groups in total. The zero-order chi connectivity index (χ0) is 16.6. The van der Waals surface area contributed by atoms with Crippen LogP contribution in [0.5, 0.6) is 0 Å². The van der Waals surface area contributed by atoms with E-state index < -0.39 is 17.4 Å². The molecule has 2 aromatic carbocycles. The molecule has 0 atom stereocenters. The first-order chi connectivity index (χ1) is 11.0. The maximum absolute atomic E-state index is 13.2. The second-order valence-corrected chi connectivity index (χ2v) is 5.64. The van der Waals surface area contributed by atoms with Crippen LogP contribution in [0.15, 0.2) is 41.2 Å². The summed E-state index contributed by atoms with van der Waals surface area (Å²) in [4.78, 5) is 26.6. The second kappa shape index (κ2) is 6.06. The van der Waals surface area contributed by atoms with E-state index >= 15 is 0 Å². The number of nitrogens with one attached hydrogen (secondary N) is 2. The van der Waals surface area contributed by atoms with Gasteiger partial charge in [-0.25, -0.2) is 9.18 Å². The van der Waals surface area contributed by atoms with Crippen LogP contribution in [-0.4, -0.2) is 15.5 Å². The average Bonchev–Trinajstić information content (AvgIpc) is 2.78. The van der Waals surface area contributed by atoms with Crippen LogP contribution in [-0.2, 0) is 11.3 Å². The van der Waals surface area contributed by atoms with Gasteiger partial charge in [0.1, 0.15) is 12.4 Å². The molecule has 0 spiro atoms. The van der Waals surface area contributed by atoms with Crippen molar-refractivity contribution >= 4 is 45.8 Å². The Balaban J connectivity index is 1.89. The molecule has 0 aliphatic rings. The Morgan fingerprint density at radius 3 is 2.61 bits per heavy atom. The third-order valence-corrected chi connectivity index (χ3v) is 3.89. The van der Waals surface area contributed by atoms with Crippen LogP contribution in [0.25, 0.3) is 11.0 Å². The number of carbonyl (C=O) groups is 1. The minimum atomic E-state index is -0.508. The van der Waals surface area contributed by atoms with Crippen LogP contribution >= 0.6 is 23.2 Å². The van der Waals surface area contributed by atoms with Gasteiger partial charge in [-0.3, -0.25) is 9.36 Å². The highest BCUT2D eigenvalue weighted by Gasteiger charge is 2.14. The van der Waals surface area contributed by atoms with Gasteiger partial charge in [-0.1, -0.05) is 29.3 Å². The SMILES string of the molecule is O=C(Cn1c(=O)[nH]c2cc(F)ccc21)Nc1c(Cl)cccc1Cl. The molecular formula is C15H10Cl2FN3O2. The minimum absolute atomic E-state index is 0.258. The van der Waals surface area contributed by atoms with Gasteiger partial charge in [-0.2, -0.15) is 0 Å². The summed E-state index contributed by atoms with van der Waals surface area (Å²) in [5.41, 5.74) is 0.515. The predicted octanol–water partition coefficient (Wildman–Crippen LogP) is 3.41. The number of rotatable bonds is 3. The number of hydrogen-bond acceptors (Lipinski definition) is 2. The summed E-state index contributed by atoms with van der Waals surface area (Å²) >= 11 is 12.0. The van der Waals surface area contributed by atoms with Crippen molar-refractivity contribution in [3.8, 4) is 0 Å². The maximum atomic E-state index is 13.2. The van der Waals surface area contributed by atoms with Crippen LogP contribution in [0.3, 0.4) is 0 Å². The molecule has 8 heteroatoms. The standard InChI is InChI=1S/C15H10Cl2FN3O2/c16-9-2-1-3-10(17)14(9)20-13(22)7-21-12-5-4-8(18)6-11(12)19-15(21)23/h1-6H,7H2,(H,19,23)(H,20,22). The average molecular weight is 354 g/mol. The van der Waals surface area contributed by atoms with Crippen molar-refractivity contribution in [2.75, 3.05) is 5.32 Å². The number of benzene rings is 2. The third kappa shape index (κ3) is 3.09. The van der Waals surface area contributed by atoms with Gasteiger partial charge in [0.15, 0.2) is 0 Å². The van der Waals surface area contributed by atoms with E-state index in [0.29, 0.717) is 21.1 Å². The highest BCUT2D eigenvalue weighted by molar-refractivity contribution is 6.39. The summed E-state index contributed by atoms with van der Waals surface area (Å²) in [7, 11) is 0. The lowest BCUT2D eigenvalue weighted by molar-refractivity contribution is -0.116. The van der Waals surface area contributed by atoms with Crippen molar-refractivity contribution in [3.63, 3.8) is 0 Å². The number of hydrogen-bond donors (Lipinski definition) is 2. The number of fused-ring (bicyclic) bond motifs is 1. The van der Waals surface area contributed by atoms with E-state index in [9.17, 15) is 14.0 Å². The number of H-pyrrole nitrogens is 1. The van der Waals surface area contributed by atoms with Crippen LogP contribution in [0.4, 0.5) is 10.1 Å². The highest BCUT2D eigenvalue weighted by atomic mass is 35.5. The van der Waals surface area contributed by atoms with Crippen LogP contribution in [0.2, 0.25) is 10.0 Å². The highest BCUT2D eigenvalue weighted by Crippen LogP contribution is 2.29. The number of anilines is 1. The van der Waals surface area contributed by atoms with Crippen molar-refractivity contribution in [3.05, 3.63) is 62.7 Å². The van der Waals surface area contributed by atoms with Crippen LogP contribution < -0.4 is 11.0 Å². The molecule has 5 nitrogen and oxygen atoms in total. The zero-order valence-corrected chi connectivity index (χ0v) is 13.1. The van der Waals surface area contributed by atoms with Crippen LogP contribution in [0.1, 0.15) is 0 Å². The lowest BCUT2D eigenvalue weighted by atomic mass is 10.3. The Kier molecular flexibility index (Phi) is 4.11. The fourth-order valence-electron chi connectivity index (χ4n) is 2.23. The van der Waals surface area contributed by atoms with E-state index in [1.165, 1.54) is 22.8 Å². The molecule has 1 heterocycles. The number of nitrogens with zero attached hydrogens (tertiary/aromatic N) is 1. The molecule has 1 amide bonds. The molecule has 0 bridgehead atoms. The van der Waals surface area contributed by atoms with Gasteiger partial charge < -0.3 is 10.3 Å². The van der Waals surface area contributed by atoms with Crippen molar-refractivity contribution in [2.45, 2.75) is 6.54 Å². The summed E-state index contributed by atoms with van der Waals surface area (Å²) in [5, 5.41) is 3.15. The second-order valence-electron chi connectivity index (χ2n) is 4.82. The first-order valence-electron chi connectivity index (χ1n) is 6.57. The summed E-state index contributed by atoms with van der Waals surface area (Å²) in [6.45, 7) is -0.258. The predicted molar refractivity (Wildman–Crippen MR) is 87.6 cm³/mol. The number of carbonyl (C=O) groups excluding carboxylic acids is 1. The summed E-state index contributed by atoms with van der Waals surface area (Å²) in [6.07, 6.45) is 0. The van der Waals surface area contributed by atoms with Crippen molar-refractivity contribution < 1.29 is 9.18 Å². The van der Waals surface area contributed by atoms with Gasteiger partial charge in [0.05, 0.1) is 26.8 Å². The Labute approximate surface area is 139 Å². The normalized spacial score (nSPS) is 10.9. The molecule has 3 rings (SSSR count). The lowest BCUT2D eigenvalue weighted by Gasteiger charge is -2.09. The van der Waals surface area contributed by atoms with E-state index in [1.54, 1.807) is 18.2 Å². The van der Waals surface area contributed by atoms with E-state index in [1.807, 2.05) is 0 Å². The number of amides is 1. The van der Waals surface area contributed by atoms with Gasteiger partial charge >= 0.3 is 5.69 Å². The van der Waals surface area contributed by atoms with Crippen molar-refractivity contribution in [1.82, 2.24) is 9.55 Å². The van der Waals surface area contributed by atoms with E-state index in [-0.39, 0.29) is 12.2 Å². The molecule has 118 valence electrons.